The molecule has 0 bridgehead atoms. The average molecular weight is 212 g/mol. The Kier molecular flexibility index (Phi) is 4.49. The predicted molar refractivity (Wildman–Crippen MR) is 58.2 cm³/mol. The van der Waals surface area contributed by atoms with Crippen LogP contribution >= 0.6 is 0 Å². The monoisotopic (exact) mass is 212 g/mol. The molecule has 0 aliphatic carbocycles. The molecule has 1 rings (SSSR count). The maximum atomic E-state index is 12.6. The summed E-state index contributed by atoms with van der Waals surface area (Å²) < 4.78 is 12.6. The summed E-state index contributed by atoms with van der Waals surface area (Å²) in [5.74, 6) is 0.178. The summed E-state index contributed by atoms with van der Waals surface area (Å²) in [4.78, 5) is 10.1. The van der Waals surface area contributed by atoms with Gasteiger partial charge in [0.1, 0.15) is 0 Å². The van der Waals surface area contributed by atoms with E-state index in [2.05, 4.69) is 23.3 Å². The van der Waals surface area contributed by atoms with Gasteiger partial charge in [-0.1, -0.05) is 18.2 Å². The fourth-order valence-corrected chi connectivity index (χ4v) is 1.52. The van der Waals surface area contributed by atoms with Crippen LogP contribution in [0, 0.1) is 5.92 Å². The van der Waals surface area contributed by atoms with E-state index >= 15 is 0 Å². The van der Waals surface area contributed by atoms with Gasteiger partial charge in [0.25, 0.3) is 0 Å². The van der Waals surface area contributed by atoms with Crippen LogP contribution in [0.15, 0.2) is 23.9 Å². The van der Waals surface area contributed by atoms with E-state index in [0.29, 0.717) is 6.29 Å². The van der Waals surface area contributed by atoms with Gasteiger partial charge in [-0.3, -0.25) is 0 Å². The summed E-state index contributed by atoms with van der Waals surface area (Å²) in [5, 5.41) is 6.07. The predicted octanol–water partition coefficient (Wildman–Crippen LogP) is 0.792. The van der Waals surface area contributed by atoms with Gasteiger partial charge in [-0.2, -0.15) is 0 Å². The molecule has 2 N–H and O–H groups in total. The van der Waals surface area contributed by atoms with Crippen LogP contribution in [0.2, 0.25) is 0 Å². The van der Waals surface area contributed by atoms with Crippen LogP contribution in [0.5, 0.6) is 0 Å². The number of alkyl halides is 1. The van der Waals surface area contributed by atoms with Gasteiger partial charge in [-0.15, -0.1) is 0 Å². The lowest BCUT2D eigenvalue weighted by Crippen LogP contribution is -2.34. The van der Waals surface area contributed by atoms with Crippen molar-refractivity contribution >= 4 is 6.29 Å². The van der Waals surface area contributed by atoms with Crippen LogP contribution < -0.4 is 10.6 Å². The molecule has 84 valence electrons. The van der Waals surface area contributed by atoms with Gasteiger partial charge < -0.3 is 15.4 Å². The maximum Gasteiger partial charge on any atom is 0.172 e. The number of nitrogens with one attached hydrogen (secondary N) is 2. The second-order valence-electron chi connectivity index (χ2n) is 3.81. The number of hydrogen-bond acceptors (Lipinski definition) is 3. The average Bonchev–Trinajstić information content (AvgIpc) is 2.25. The normalized spacial score (nSPS) is 22.8. The van der Waals surface area contributed by atoms with E-state index in [0.717, 1.165) is 18.8 Å². The zero-order chi connectivity index (χ0) is 11.3. The van der Waals surface area contributed by atoms with E-state index in [1.807, 2.05) is 6.92 Å². The summed E-state index contributed by atoms with van der Waals surface area (Å²) in [7, 11) is 0. The van der Waals surface area contributed by atoms with Crippen molar-refractivity contribution in [2.75, 3.05) is 19.6 Å². The fraction of sp³-hybridized carbons (Fsp3) is 0.545. The number of hydrogen-bond donors (Lipinski definition) is 2. The highest BCUT2D eigenvalue weighted by Crippen LogP contribution is 2.13. The summed E-state index contributed by atoms with van der Waals surface area (Å²) in [6, 6.07) is 0. The summed E-state index contributed by atoms with van der Waals surface area (Å²) >= 11 is 0. The number of halogens is 1. The van der Waals surface area contributed by atoms with Gasteiger partial charge in [0, 0.05) is 24.7 Å². The highest BCUT2D eigenvalue weighted by atomic mass is 19.1. The molecule has 0 radical (unpaired) electrons. The van der Waals surface area contributed by atoms with E-state index in [4.69, 9.17) is 0 Å². The minimum absolute atomic E-state index is 0.00568. The smallest absolute Gasteiger partial charge is 0.172 e. The van der Waals surface area contributed by atoms with Gasteiger partial charge in [0.15, 0.2) is 12.5 Å². The van der Waals surface area contributed by atoms with E-state index in [1.54, 1.807) is 0 Å². The Morgan fingerprint density at radius 3 is 3.27 bits per heavy atom. The lowest BCUT2D eigenvalue weighted by atomic mass is 9.99. The van der Waals surface area contributed by atoms with E-state index in [1.165, 1.54) is 5.57 Å². The van der Waals surface area contributed by atoms with Gasteiger partial charge in [-0.25, -0.2) is 4.39 Å². The quantitative estimate of drug-likeness (QED) is 0.523. The lowest BCUT2D eigenvalue weighted by molar-refractivity contribution is -0.111. The van der Waals surface area contributed by atoms with Crippen molar-refractivity contribution in [2.24, 2.45) is 5.92 Å². The first kappa shape index (κ1) is 11.9. The summed E-state index contributed by atoms with van der Waals surface area (Å²) in [5.41, 5.74) is 2.01. The van der Waals surface area contributed by atoms with Crippen molar-refractivity contribution in [1.29, 1.82) is 0 Å². The molecule has 0 fully saturated rings. The van der Waals surface area contributed by atoms with Crippen LogP contribution in [0.1, 0.15) is 6.92 Å². The minimum atomic E-state index is -1.46. The molecule has 0 saturated heterocycles. The van der Waals surface area contributed by atoms with Gasteiger partial charge in [0.05, 0.1) is 6.54 Å². The zero-order valence-electron chi connectivity index (χ0n) is 8.92. The molecule has 0 aromatic heterocycles. The first-order valence-corrected chi connectivity index (χ1v) is 5.03. The molecule has 0 spiro atoms. The van der Waals surface area contributed by atoms with E-state index < -0.39 is 6.17 Å². The van der Waals surface area contributed by atoms with E-state index in [-0.39, 0.29) is 12.5 Å². The van der Waals surface area contributed by atoms with Crippen LogP contribution in [0.25, 0.3) is 0 Å². The number of carbonyl (C=O) groups excluding carboxylic acids is 1. The Hall–Kier alpha value is -1.16. The SMILES string of the molecule is C=C(NCC(F)C=O)C1C=C(C)CNC1. The maximum absolute atomic E-state index is 12.6. The molecule has 15 heavy (non-hydrogen) atoms. The standard InChI is InChI=1S/C11H17FN2O/c1-8-3-10(5-13-4-8)9(2)14-6-11(12)7-15/h3,7,10-11,13-14H,2,4-6H2,1H3. The van der Waals surface area contributed by atoms with Crippen molar-refractivity contribution in [3.63, 3.8) is 0 Å². The lowest BCUT2D eigenvalue weighted by Gasteiger charge is -2.23. The zero-order valence-corrected chi connectivity index (χ0v) is 8.92. The first-order valence-electron chi connectivity index (χ1n) is 5.03. The largest absolute Gasteiger partial charge is 0.385 e. The van der Waals surface area contributed by atoms with Crippen LogP contribution in [0.4, 0.5) is 4.39 Å². The van der Waals surface area contributed by atoms with Gasteiger partial charge in [0.2, 0.25) is 0 Å². The highest BCUT2D eigenvalue weighted by molar-refractivity contribution is 5.56. The Bertz CT molecular complexity index is 276. The molecular weight excluding hydrogens is 195 g/mol. The Labute approximate surface area is 89.4 Å². The Balaban J connectivity index is 2.40. The molecule has 1 heterocycles. The van der Waals surface area contributed by atoms with Gasteiger partial charge in [-0.05, 0) is 6.92 Å². The molecule has 1 aliphatic heterocycles. The molecule has 3 nitrogen and oxygen atoms in total. The number of aldehydes is 1. The minimum Gasteiger partial charge on any atom is -0.385 e. The van der Waals surface area contributed by atoms with Gasteiger partial charge >= 0.3 is 0 Å². The molecule has 0 aromatic carbocycles. The Morgan fingerprint density at radius 2 is 2.67 bits per heavy atom. The molecular formula is C11H17FN2O. The van der Waals surface area contributed by atoms with Crippen molar-refractivity contribution in [2.45, 2.75) is 13.1 Å². The van der Waals surface area contributed by atoms with Crippen LogP contribution in [0.3, 0.4) is 0 Å². The number of rotatable bonds is 5. The third-order valence-corrected chi connectivity index (χ3v) is 2.37. The molecule has 2 unspecified atom stereocenters. The molecule has 1 aliphatic rings. The molecule has 2 atom stereocenters. The fourth-order valence-electron chi connectivity index (χ4n) is 1.52. The highest BCUT2D eigenvalue weighted by Gasteiger charge is 2.14. The van der Waals surface area contributed by atoms with E-state index in [9.17, 15) is 9.18 Å². The summed E-state index contributed by atoms with van der Waals surface area (Å²) in [6.45, 7) is 7.58. The Morgan fingerprint density at radius 1 is 1.93 bits per heavy atom. The molecule has 0 saturated carbocycles. The third-order valence-electron chi connectivity index (χ3n) is 2.37. The first-order chi connectivity index (χ1) is 7.13. The van der Waals surface area contributed by atoms with Crippen molar-refractivity contribution in [3.05, 3.63) is 23.9 Å². The molecule has 4 heteroatoms. The topological polar surface area (TPSA) is 41.1 Å². The second-order valence-corrected chi connectivity index (χ2v) is 3.81. The number of carbonyl (C=O) groups is 1. The molecule has 0 amide bonds. The van der Waals surface area contributed by atoms with Crippen molar-refractivity contribution < 1.29 is 9.18 Å². The van der Waals surface area contributed by atoms with Crippen LogP contribution in [-0.2, 0) is 4.79 Å². The second kappa shape index (κ2) is 5.66. The van der Waals surface area contributed by atoms with Crippen molar-refractivity contribution in [1.82, 2.24) is 10.6 Å². The summed E-state index contributed by atoms with van der Waals surface area (Å²) in [6.07, 6.45) is 0.948. The van der Waals surface area contributed by atoms with Crippen molar-refractivity contribution in [3.8, 4) is 0 Å². The molecule has 0 aromatic rings. The third kappa shape index (κ3) is 3.83. The van der Waals surface area contributed by atoms with Crippen LogP contribution in [-0.4, -0.2) is 32.1 Å².